The zero-order chi connectivity index (χ0) is 29.3. The van der Waals surface area contributed by atoms with Gasteiger partial charge in [0.05, 0.1) is 34.4 Å². The Balaban J connectivity index is 1.38. The van der Waals surface area contributed by atoms with Crippen LogP contribution in [0.3, 0.4) is 0 Å². The largest absolute Gasteiger partial charge is 0.308 e. The first kappa shape index (κ1) is 27.4. The van der Waals surface area contributed by atoms with Crippen molar-refractivity contribution in [3.8, 4) is 27.9 Å². The third-order valence-corrected chi connectivity index (χ3v) is 8.37. The minimum absolute atomic E-state index is 0.157. The number of sulfonamides is 1. The lowest BCUT2D eigenvalue weighted by Crippen LogP contribution is -2.18. The van der Waals surface area contributed by atoms with Crippen LogP contribution in [0.4, 0.5) is 10.1 Å². The summed E-state index contributed by atoms with van der Waals surface area (Å²) in [4.78, 5) is 6.93. The summed E-state index contributed by atoms with van der Waals surface area (Å²) >= 11 is 0. The quantitative estimate of drug-likeness (QED) is 0.225. The van der Waals surface area contributed by atoms with E-state index in [1.165, 1.54) is 12.1 Å². The second-order valence-electron chi connectivity index (χ2n) is 10.3. The molecule has 8 nitrogen and oxygen atoms in total. The van der Waals surface area contributed by atoms with Crippen molar-refractivity contribution in [2.24, 2.45) is 0 Å². The monoisotopic (exact) mass is 580 g/mol. The number of fused-ring (bicyclic) bond motifs is 1. The number of likely N-dealkylation sites (N-methyl/N-ethyl adjacent to an activating group) is 1. The van der Waals surface area contributed by atoms with E-state index in [0.717, 1.165) is 46.4 Å². The van der Waals surface area contributed by atoms with E-state index in [1.807, 2.05) is 60.0 Å². The lowest BCUT2D eigenvalue weighted by molar-refractivity contribution is 0.373. The number of rotatable bonds is 9. The molecule has 0 fully saturated rings. The van der Waals surface area contributed by atoms with Gasteiger partial charge in [-0.25, -0.2) is 17.8 Å². The van der Waals surface area contributed by atoms with Gasteiger partial charge in [-0.3, -0.25) is 14.0 Å². The summed E-state index contributed by atoms with van der Waals surface area (Å²) in [6, 6.07) is 25.8. The number of nitrogens with zero attached hydrogens (tertiary/aromatic N) is 5. The molecule has 1 N–H and O–H groups in total. The van der Waals surface area contributed by atoms with Gasteiger partial charge in [-0.05, 0) is 85.4 Å². The number of aromatic nitrogens is 4. The van der Waals surface area contributed by atoms with Crippen molar-refractivity contribution in [3.05, 3.63) is 116 Å². The fourth-order valence-electron chi connectivity index (χ4n) is 4.77. The summed E-state index contributed by atoms with van der Waals surface area (Å²) in [6.45, 7) is 1.69. The number of anilines is 1. The van der Waals surface area contributed by atoms with Gasteiger partial charge in [-0.2, -0.15) is 5.10 Å². The maximum atomic E-state index is 13.7. The van der Waals surface area contributed by atoms with Gasteiger partial charge in [-0.15, -0.1) is 0 Å². The maximum absolute atomic E-state index is 13.7. The fourth-order valence-corrected chi connectivity index (χ4v) is 5.83. The van der Waals surface area contributed by atoms with E-state index in [-0.39, 0.29) is 10.7 Å². The Morgan fingerprint density at radius 3 is 2.38 bits per heavy atom. The van der Waals surface area contributed by atoms with E-state index in [9.17, 15) is 12.8 Å². The topological polar surface area (TPSA) is 85.0 Å². The molecule has 0 unspecified atom stereocenters. The Hall–Kier alpha value is -4.80. The predicted molar refractivity (Wildman–Crippen MR) is 163 cm³/mol. The average Bonchev–Trinajstić information content (AvgIpc) is 3.64. The van der Waals surface area contributed by atoms with Crippen molar-refractivity contribution in [3.63, 3.8) is 0 Å². The Labute approximate surface area is 243 Å². The lowest BCUT2D eigenvalue weighted by atomic mass is 10.0. The lowest BCUT2D eigenvalue weighted by Gasteiger charge is -2.14. The van der Waals surface area contributed by atoms with Crippen LogP contribution in [0.5, 0.6) is 0 Å². The summed E-state index contributed by atoms with van der Waals surface area (Å²) in [5, 5.41) is 4.49. The van der Waals surface area contributed by atoms with Crippen molar-refractivity contribution in [1.82, 2.24) is 24.2 Å². The highest BCUT2D eigenvalue weighted by atomic mass is 32.2. The zero-order valence-electron chi connectivity index (χ0n) is 23.1. The van der Waals surface area contributed by atoms with E-state index in [0.29, 0.717) is 11.4 Å². The molecule has 0 saturated heterocycles. The first-order valence-electron chi connectivity index (χ1n) is 13.4. The molecule has 42 heavy (non-hydrogen) atoms. The molecule has 2 aromatic heterocycles. The van der Waals surface area contributed by atoms with Gasteiger partial charge in [0.1, 0.15) is 12.1 Å². The normalized spacial score (nSPS) is 11.8. The van der Waals surface area contributed by atoms with Crippen LogP contribution in [0.25, 0.3) is 39.0 Å². The molecule has 0 saturated carbocycles. The summed E-state index contributed by atoms with van der Waals surface area (Å²) in [5.41, 5.74) is 6.19. The smallest absolute Gasteiger partial charge is 0.261 e. The van der Waals surface area contributed by atoms with E-state index >= 15 is 0 Å². The van der Waals surface area contributed by atoms with Crippen LogP contribution in [0, 0.1) is 5.82 Å². The van der Waals surface area contributed by atoms with E-state index in [2.05, 4.69) is 19.7 Å². The molecule has 212 valence electrons. The number of imidazole rings is 1. The molecular weight excluding hydrogens is 551 g/mol. The molecule has 10 heteroatoms. The van der Waals surface area contributed by atoms with Crippen LogP contribution in [0.1, 0.15) is 0 Å². The molecule has 0 bridgehead atoms. The molecular formula is C32H29FN6O2S. The second-order valence-corrected chi connectivity index (χ2v) is 12.0. The molecule has 0 spiro atoms. The molecule has 4 aromatic carbocycles. The highest BCUT2D eigenvalue weighted by molar-refractivity contribution is 7.92. The van der Waals surface area contributed by atoms with Crippen molar-refractivity contribution in [1.29, 1.82) is 0 Å². The summed E-state index contributed by atoms with van der Waals surface area (Å²) in [5.74, 6) is -0.348. The summed E-state index contributed by atoms with van der Waals surface area (Å²) < 4.78 is 46.6. The third-order valence-electron chi connectivity index (χ3n) is 6.97. The van der Waals surface area contributed by atoms with Crippen LogP contribution in [0.15, 0.2) is 115 Å². The Kier molecular flexibility index (Phi) is 7.32. The molecule has 0 radical (unpaired) electrons. The molecule has 0 amide bonds. The Morgan fingerprint density at radius 2 is 1.62 bits per heavy atom. The number of benzene rings is 4. The molecule has 0 aliphatic carbocycles. The fraction of sp³-hybridized carbons (Fsp3) is 0.125. The van der Waals surface area contributed by atoms with Crippen LogP contribution >= 0.6 is 0 Å². The van der Waals surface area contributed by atoms with Gasteiger partial charge in [0.15, 0.2) is 0 Å². The molecule has 6 aromatic rings. The highest BCUT2D eigenvalue weighted by Gasteiger charge is 2.16. The third kappa shape index (κ3) is 5.81. The highest BCUT2D eigenvalue weighted by Crippen LogP contribution is 2.31. The van der Waals surface area contributed by atoms with Crippen LogP contribution in [-0.4, -0.2) is 53.3 Å². The standard InChI is InChI=1S/C32H29FN6O2S/c1-37(2)14-15-38-21-26(20-35-38)24-10-13-32-31(18-24)34-22-39(32)29-17-25(23-8-11-27(33)12-9-23)16-28(19-29)36-42(40,41)30-6-4-3-5-7-30/h3-13,16-22,36H,14-15H2,1-2H3. The Morgan fingerprint density at radius 1 is 0.857 bits per heavy atom. The van der Waals surface area contributed by atoms with Gasteiger partial charge in [-0.1, -0.05) is 36.4 Å². The van der Waals surface area contributed by atoms with Crippen molar-refractivity contribution in [2.75, 3.05) is 25.4 Å². The van der Waals surface area contributed by atoms with Crippen LogP contribution in [0.2, 0.25) is 0 Å². The predicted octanol–water partition coefficient (Wildman–Crippen LogP) is 6.06. The molecule has 0 aliphatic heterocycles. The maximum Gasteiger partial charge on any atom is 0.261 e. The van der Waals surface area contributed by atoms with Gasteiger partial charge in [0, 0.05) is 24.0 Å². The first-order chi connectivity index (χ1) is 20.2. The number of hydrogen-bond acceptors (Lipinski definition) is 5. The summed E-state index contributed by atoms with van der Waals surface area (Å²) in [7, 11) is 0.230. The molecule has 0 aliphatic rings. The molecule has 2 heterocycles. The minimum atomic E-state index is -3.84. The SMILES string of the molecule is CN(C)CCn1cc(-c2ccc3c(c2)ncn3-c2cc(NS(=O)(=O)c3ccccc3)cc(-c3ccc(F)cc3)c2)cn1. The van der Waals surface area contributed by atoms with Crippen molar-refractivity contribution >= 4 is 26.7 Å². The first-order valence-corrected chi connectivity index (χ1v) is 14.9. The number of halogens is 1. The number of hydrogen-bond donors (Lipinski definition) is 1. The van der Waals surface area contributed by atoms with Crippen molar-refractivity contribution < 1.29 is 12.8 Å². The van der Waals surface area contributed by atoms with E-state index in [4.69, 9.17) is 0 Å². The Bertz CT molecular complexity index is 1970. The van der Waals surface area contributed by atoms with Gasteiger partial charge in [0.25, 0.3) is 10.0 Å². The zero-order valence-corrected chi connectivity index (χ0v) is 24.0. The minimum Gasteiger partial charge on any atom is -0.308 e. The average molecular weight is 581 g/mol. The van der Waals surface area contributed by atoms with Gasteiger partial charge in [0.2, 0.25) is 0 Å². The molecule has 0 atom stereocenters. The van der Waals surface area contributed by atoms with Gasteiger partial charge < -0.3 is 4.90 Å². The van der Waals surface area contributed by atoms with E-state index < -0.39 is 10.0 Å². The van der Waals surface area contributed by atoms with Crippen LogP contribution in [-0.2, 0) is 16.6 Å². The molecule has 6 rings (SSSR count). The van der Waals surface area contributed by atoms with Gasteiger partial charge >= 0.3 is 0 Å². The second kappa shape index (κ2) is 11.2. The number of nitrogens with one attached hydrogen (secondary N) is 1. The van der Waals surface area contributed by atoms with E-state index in [1.54, 1.807) is 60.9 Å². The summed E-state index contributed by atoms with van der Waals surface area (Å²) in [6.07, 6.45) is 5.60. The van der Waals surface area contributed by atoms with Crippen molar-refractivity contribution in [2.45, 2.75) is 11.4 Å². The van der Waals surface area contributed by atoms with Crippen LogP contribution < -0.4 is 4.72 Å².